The summed E-state index contributed by atoms with van der Waals surface area (Å²) in [6.45, 7) is 6.10. The second-order valence-electron chi connectivity index (χ2n) is 6.29. The molecule has 25 heavy (non-hydrogen) atoms. The standard InChI is InChI=1S/C20H19N5/c1-13-7-9-16(10-8-13)19-23-20-21-15(3)12-18(25(20)24-19)22-17-6-4-5-14(2)11-17/h4-12,22H,1-3H3. The summed E-state index contributed by atoms with van der Waals surface area (Å²) in [5, 5.41) is 8.08. The van der Waals surface area contributed by atoms with Crippen molar-refractivity contribution >= 4 is 17.3 Å². The minimum atomic E-state index is 0.589. The van der Waals surface area contributed by atoms with Crippen molar-refractivity contribution in [3.05, 3.63) is 71.4 Å². The highest BCUT2D eigenvalue weighted by molar-refractivity contribution is 5.62. The smallest absolute Gasteiger partial charge is 0.254 e. The largest absolute Gasteiger partial charge is 0.340 e. The number of hydrogen-bond acceptors (Lipinski definition) is 4. The van der Waals surface area contributed by atoms with E-state index in [1.165, 1.54) is 11.1 Å². The highest BCUT2D eigenvalue weighted by Crippen LogP contribution is 2.22. The van der Waals surface area contributed by atoms with Gasteiger partial charge in [-0.25, -0.2) is 4.98 Å². The van der Waals surface area contributed by atoms with Gasteiger partial charge in [0.15, 0.2) is 5.82 Å². The first kappa shape index (κ1) is 15.3. The number of hydrogen-bond donors (Lipinski definition) is 1. The van der Waals surface area contributed by atoms with E-state index < -0.39 is 0 Å². The molecule has 0 bridgehead atoms. The maximum absolute atomic E-state index is 4.65. The van der Waals surface area contributed by atoms with E-state index in [9.17, 15) is 0 Å². The van der Waals surface area contributed by atoms with Crippen LogP contribution in [-0.4, -0.2) is 19.6 Å². The summed E-state index contributed by atoms with van der Waals surface area (Å²) < 4.78 is 1.75. The van der Waals surface area contributed by atoms with Gasteiger partial charge in [-0.1, -0.05) is 42.0 Å². The van der Waals surface area contributed by atoms with Gasteiger partial charge in [0.05, 0.1) is 0 Å². The molecule has 0 fully saturated rings. The molecule has 0 aliphatic heterocycles. The van der Waals surface area contributed by atoms with Crippen LogP contribution >= 0.6 is 0 Å². The molecule has 1 N–H and O–H groups in total. The van der Waals surface area contributed by atoms with Gasteiger partial charge in [0, 0.05) is 23.0 Å². The maximum atomic E-state index is 4.65. The van der Waals surface area contributed by atoms with Crippen molar-refractivity contribution in [1.29, 1.82) is 0 Å². The van der Waals surface area contributed by atoms with Gasteiger partial charge in [-0.05, 0) is 38.5 Å². The van der Waals surface area contributed by atoms with Crippen LogP contribution in [0.5, 0.6) is 0 Å². The van der Waals surface area contributed by atoms with Crippen molar-refractivity contribution < 1.29 is 0 Å². The Balaban J connectivity index is 1.80. The third-order valence-corrected chi connectivity index (χ3v) is 4.04. The molecule has 4 aromatic rings. The molecule has 0 amide bonds. The summed E-state index contributed by atoms with van der Waals surface area (Å²) in [7, 11) is 0. The maximum Gasteiger partial charge on any atom is 0.254 e. The molecule has 2 aromatic heterocycles. The normalized spacial score (nSPS) is 11.0. The molecule has 4 rings (SSSR count). The van der Waals surface area contributed by atoms with Gasteiger partial charge in [0.25, 0.3) is 5.78 Å². The number of aromatic nitrogens is 4. The van der Waals surface area contributed by atoms with E-state index in [4.69, 9.17) is 0 Å². The van der Waals surface area contributed by atoms with Crippen molar-refractivity contribution in [2.75, 3.05) is 5.32 Å². The number of nitrogens with one attached hydrogen (secondary N) is 1. The third kappa shape index (κ3) is 3.08. The first-order valence-electron chi connectivity index (χ1n) is 8.24. The van der Waals surface area contributed by atoms with E-state index in [1.54, 1.807) is 4.52 Å². The summed E-state index contributed by atoms with van der Waals surface area (Å²) in [6.07, 6.45) is 0. The Kier molecular flexibility index (Phi) is 3.69. The number of anilines is 2. The molecule has 2 heterocycles. The second-order valence-corrected chi connectivity index (χ2v) is 6.29. The van der Waals surface area contributed by atoms with E-state index >= 15 is 0 Å². The number of fused-ring (bicyclic) bond motifs is 1. The zero-order valence-electron chi connectivity index (χ0n) is 14.5. The van der Waals surface area contributed by atoms with Crippen LogP contribution in [-0.2, 0) is 0 Å². The summed E-state index contributed by atoms with van der Waals surface area (Å²) in [6, 6.07) is 18.4. The Morgan fingerprint density at radius 1 is 0.840 bits per heavy atom. The monoisotopic (exact) mass is 329 g/mol. The third-order valence-electron chi connectivity index (χ3n) is 4.04. The molecule has 124 valence electrons. The number of rotatable bonds is 3. The summed E-state index contributed by atoms with van der Waals surface area (Å²) in [4.78, 5) is 9.10. The van der Waals surface area contributed by atoms with Gasteiger partial charge in [-0.15, -0.1) is 5.10 Å². The molecular formula is C20H19N5. The van der Waals surface area contributed by atoms with Gasteiger partial charge in [0.1, 0.15) is 5.82 Å². The predicted molar refractivity (Wildman–Crippen MR) is 100 cm³/mol. The van der Waals surface area contributed by atoms with Gasteiger partial charge < -0.3 is 5.32 Å². The van der Waals surface area contributed by atoms with Gasteiger partial charge >= 0.3 is 0 Å². The molecule has 5 heteroatoms. The number of aryl methyl sites for hydroxylation is 3. The lowest BCUT2D eigenvalue weighted by Gasteiger charge is -2.09. The van der Waals surface area contributed by atoms with Crippen LogP contribution in [0.4, 0.5) is 11.5 Å². The SMILES string of the molecule is Cc1ccc(-c2nc3nc(C)cc(Nc4cccc(C)c4)n3n2)cc1. The topological polar surface area (TPSA) is 55.1 Å². The Labute approximate surface area is 146 Å². The van der Waals surface area contributed by atoms with Crippen molar-refractivity contribution in [3.63, 3.8) is 0 Å². The van der Waals surface area contributed by atoms with Crippen LogP contribution in [0.1, 0.15) is 16.8 Å². The number of nitrogens with zero attached hydrogens (tertiary/aromatic N) is 4. The molecule has 0 unspecified atom stereocenters. The average molecular weight is 329 g/mol. The Morgan fingerprint density at radius 3 is 2.40 bits per heavy atom. The van der Waals surface area contributed by atoms with Crippen molar-refractivity contribution in [2.24, 2.45) is 0 Å². The molecule has 0 saturated carbocycles. The zero-order chi connectivity index (χ0) is 17.4. The zero-order valence-corrected chi connectivity index (χ0v) is 14.5. The fourth-order valence-corrected chi connectivity index (χ4v) is 2.77. The van der Waals surface area contributed by atoms with Crippen LogP contribution in [0.15, 0.2) is 54.6 Å². The van der Waals surface area contributed by atoms with E-state index in [2.05, 4.69) is 58.5 Å². The lowest BCUT2D eigenvalue weighted by Crippen LogP contribution is -2.02. The Bertz CT molecular complexity index is 1050. The molecule has 0 atom stereocenters. The molecule has 0 saturated heterocycles. The molecule has 2 aromatic carbocycles. The fourth-order valence-electron chi connectivity index (χ4n) is 2.77. The number of benzene rings is 2. The van der Waals surface area contributed by atoms with Crippen molar-refractivity contribution in [1.82, 2.24) is 19.6 Å². The molecule has 5 nitrogen and oxygen atoms in total. The van der Waals surface area contributed by atoms with Gasteiger partial charge in [-0.2, -0.15) is 9.50 Å². The minimum Gasteiger partial charge on any atom is -0.340 e. The second kappa shape index (κ2) is 6.02. The fraction of sp³-hybridized carbons (Fsp3) is 0.150. The summed E-state index contributed by atoms with van der Waals surface area (Å²) in [5.74, 6) is 2.11. The van der Waals surface area contributed by atoms with Crippen LogP contribution in [0.25, 0.3) is 17.2 Å². The molecular weight excluding hydrogens is 310 g/mol. The van der Waals surface area contributed by atoms with E-state index in [-0.39, 0.29) is 0 Å². The van der Waals surface area contributed by atoms with Crippen LogP contribution in [0, 0.1) is 20.8 Å². The highest BCUT2D eigenvalue weighted by Gasteiger charge is 2.11. The Hall–Kier alpha value is -3.21. The van der Waals surface area contributed by atoms with Crippen molar-refractivity contribution in [2.45, 2.75) is 20.8 Å². The molecule has 0 radical (unpaired) electrons. The van der Waals surface area contributed by atoms with Crippen molar-refractivity contribution in [3.8, 4) is 11.4 Å². The van der Waals surface area contributed by atoms with E-state index in [0.29, 0.717) is 11.6 Å². The first-order chi connectivity index (χ1) is 12.1. The lowest BCUT2D eigenvalue weighted by atomic mass is 10.1. The van der Waals surface area contributed by atoms with Gasteiger partial charge in [-0.3, -0.25) is 0 Å². The Morgan fingerprint density at radius 2 is 1.64 bits per heavy atom. The summed E-state index contributed by atoms with van der Waals surface area (Å²) in [5.41, 5.74) is 5.30. The van der Waals surface area contributed by atoms with E-state index in [0.717, 1.165) is 22.8 Å². The average Bonchev–Trinajstić information content (AvgIpc) is 2.99. The lowest BCUT2D eigenvalue weighted by molar-refractivity contribution is 0.940. The minimum absolute atomic E-state index is 0.589. The predicted octanol–water partition coefficient (Wildman–Crippen LogP) is 4.46. The molecule has 0 spiro atoms. The van der Waals surface area contributed by atoms with E-state index in [1.807, 2.05) is 37.3 Å². The van der Waals surface area contributed by atoms with Crippen LogP contribution in [0.2, 0.25) is 0 Å². The van der Waals surface area contributed by atoms with Gasteiger partial charge in [0.2, 0.25) is 0 Å². The van der Waals surface area contributed by atoms with Crippen LogP contribution in [0.3, 0.4) is 0 Å². The first-order valence-corrected chi connectivity index (χ1v) is 8.24. The highest BCUT2D eigenvalue weighted by atomic mass is 15.4. The molecule has 0 aliphatic carbocycles. The molecule has 0 aliphatic rings. The quantitative estimate of drug-likeness (QED) is 0.603. The summed E-state index contributed by atoms with van der Waals surface area (Å²) >= 11 is 0. The van der Waals surface area contributed by atoms with Crippen LogP contribution < -0.4 is 5.32 Å².